The van der Waals surface area contributed by atoms with Gasteiger partial charge < -0.3 is 0 Å². The summed E-state index contributed by atoms with van der Waals surface area (Å²) in [6.45, 7) is 0. The van der Waals surface area contributed by atoms with Gasteiger partial charge in [0.2, 0.25) is 0 Å². The molecule has 5 nitrogen and oxygen atoms in total. The third kappa shape index (κ3) is 5.88. The molecule has 6 aromatic carbocycles. The van der Waals surface area contributed by atoms with Crippen molar-refractivity contribution in [1.29, 1.82) is 0 Å². The van der Waals surface area contributed by atoms with Crippen molar-refractivity contribution >= 4 is 0 Å². The van der Waals surface area contributed by atoms with Gasteiger partial charge in [-0.3, -0.25) is 0 Å². The Hall–Kier alpha value is -6.59. The second-order valence-corrected chi connectivity index (χ2v) is 11.3. The smallest absolute Gasteiger partial charge is 0.164 e. The van der Waals surface area contributed by atoms with Gasteiger partial charge in [0.05, 0.1) is 11.4 Å². The van der Waals surface area contributed by atoms with E-state index in [1.54, 1.807) is 0 Å². The third-order valence-electron chi connectivity index (χ3n) is 8.17. The van der Waals surface area contributed by atoms with Crippen LogP contribution in [0.5, 0.6) is 0 Å². The molecular weight excluding hydrogens is 587 g/mol. The predicted octanol–water partition coefficient (Wildman–Crippen LogP) is 10.3. The molecule has 0 N–H and O–H groups in total. The molecule has 0 aliphatic rings. The average molecular weight is 616 g/mol. The summed E-state index contributed by atoms with van der Waals surface area (Å²) >= 11 is 0. The maximum absolute atomic E-state index is 5.23. The molecule has 0 atom stereocenters. The number of benzene rings is 6. The van der Waals surface area contributed by atoms with Crippen LogP contribution in [0, 0.1) is 0 Å². The van der Waals surface area contributed by atoms with Crippen LogP contribution in [0.25, 0.3) is 79.2 Å². The Labute approximate surface area is 279 Å². The van der Waals surface area contributed by atoms with E-state index in [4.69, 9.17) is 24.9 Å². The largest absolute Gasteiger partial charge is 0.227 e. The van der Waals surface area contributed by atoms with Crippen LogP contribution in [0.4, 0.5) is 0 Å². The zero-order valence-corrected chi connectivity index (χ0v) is 26.0. The Bertz CT molecular complexity index is 2170. The summed E-state index contributed by atoms with van der Waals surface area (Å²) in [4.78, 5) is 25.1. The summed E-state index contributed by atoms with van der Waals surface area (Å²) in [5, 5.41) is 0. The normalized spacial score (nSPS) is 10.9. The van der Waals surface area contributed by atoms with Gasteiger partial charge in [-0.1, -0.05) is 176 Å². The van der Waals surface area contributed by atoms with Crippen LogP contribution in [0.15, 0.2) is 176 Å². The fraction of sp³-hybridized carbons (Fsp3) is 0. The highest BCUT2D eigenvalue weighted by molar-refractivity contribution is 5.92. The van der Waals surface area contributed by atoms with Gasteiger partial charge >= 0.3 is 0 Å². The lowest BCUT2D eigenvalue weighted by Crippen LogP contribution is -2.01. The van der Waals surface area contributed by atoms with E-state index in [1.807, 2.05) is 127 Å². The second-order valence-electron chi connectivity index (χ2n) is 11.3. The van der Waals surface area contributed by atoms with Crippen LogP contribution in [0.1, 0.15) is 0 Å². The van der Waals surface area contributed by atoms with Crippen LogP contribution >= 0.6 is 0 Å². The monoisotopic (exact) mass is 615 g/mol. The summed E-state index contributed by atoms with van der Waals surface area (Å²) in [6.07, 6.45) is 0. The van der Waals surface area contributed by atoms with Crippen molar-refractivity contribution in [3.05, 3.63) is 176 Å². The van der Waals surface area contributed by atoms with E-state index in [9.17, 15) is 0 Å². The van der Waals surface area contributed by atoms with E-state index < -0.39 is 0 Å². The summed E-state index contributed by atoms with van der Waals surface area (Å²) in [5.41, 5.74) is 9.53. The van der Waals surface area contributed by atoms with Gasteiger partial charge in [-0.25, -0.2) is 24.9 Å². The maximum atomic E-state index is 5.23. The van der Waals surface area contributed by atoms with Crippen molar-refractivity contribution in [2.24, 2.45) is 0 Å². The first kappa shape index (κ1) is 28.9. The Morgan fingerprint density at radius 1 is 0.208 bits per heavy atom. The van der Waals surface area contributed by atoms with Crippen LogP contribution in [-0.2, 0) is 0 Å². The molecule has 0 amide bonds. The Morgan fingerprint density at radius 2 is 0.458 bits per heavy atom. The van der Waals surface area contributed by atoms with Gasteiger partial charge in [0.25, 0.3) is 0 Å². The van der Waals surface area contributed by atoms with Crippen LogP contribution in [-0.4, -0.2) is 24.9 Å². The van der Waals surface area contributed by atoms with Crippen LogP contribution in [0.3, 0.4) is 0 Å². The second kappa shape index (κ2) is 13.0. The minimum absolute atomic E-state index is 0.601. The standard InChI is InChI=1S/C43H29N5/c1-6-16-30(17-7-1)37-38(31-18-8-2-9-19-31)44-40(45-39(37)32-20-10-3-11-21-32)35-26-28-36(29-27-35)43-47-41(33-22-12-4-13-23-33)46-42(48-43)34-24-14-5-15-25-34/h1-29H. The summed E-state index contributed by atoms with van der Waals surface area (Å²) < 4.78 is 0. The topological polar surface area (TPSA) is 64.5 Å². The molecule has 48 heavy (non-hydrogen) atoms. The van der Waals surface area contributed by atoms with Crippen molar-refractivity contribution in [3.8, 4) is 79.2 Å². The van der Waals surface area contributed by atoms with Crippen molar-refractivity contribution in [1.82, 2.24) is 24.9 Å². The van der Waals surface area contributed by atoms with Crippen LogP contribution < -0.4 is 0 Å². The van der Waals surface area contributed by atoms with E-state index >= 15 is 0 Å². The fourth-order valence-corrected chi connectivity index (χ4v) is 5.78. The number of hydrogen-bond donors (Lipinski definition) is 0. The maximum Gasteiger partial charge on any atom is 0.164 e. The van der Waals surface area contributed by atoms with Crippen molar-refractivity contribution in [2.45, 2.75) is 0 Å². The SMILES string of the molecule is c1ccc(-c2nc(-c3ccccc3)nc(-c3ccc(-c4nc(-c5ccccc5)c(-c5ccccc5)c(-c5ccccc5)n4)cc3)n2)cc1. The first-order chi connectivity index (χ1) is 23.8. The third-order valence-corrected chi connectivity index (χ3v) is 8.17. The predicted molar refractivity (Wildman–Crippen MR) is 193 cm³/mol. The minimum Gasteiger partial charge on any atom is -0.227 e. The van der Waals surface area contributed by atoms with Crippen molar-refractivity contribution in [2.75, 3.05) is 0 Å². The molecular formula is C43H29N5. The quantitative estimate of drug-likeness (QED) is 0.178. The molecule has 0 bridgehead atoms. The van der Waals surface area contributed by atoms with Crippen molar-refractivity contribution < 1.29 is 0 Å². The van der Waals surface area contributed by atoms with Gasteiger partial charge in [-0.2, -0.15) is 0 Å². The molecule has 5 heteroatoms. The summed E-state index contributed by atoms with van der Waals surface area (Å²) in [5.74, 6) is 2.50. The van der Waals surface area contributed by atoms with Gasteiger partial charge in [0, 0.05) is 38.9 Å². The molecule has 2 heterocycles. The lowest BCUT2D eigenvalue weighted by molar-refractivity contribution is 1.07. The number of nitrogens with zero attached hydrogens (tertiary/aromatic N) is 5. The molecule has 8 rings (SSSR count). The van der Waals surface area contributed by atoms with Crippen molar-refractivity contribution in [3.63, 3.8) is 0 Å². The zero-order valence-electron chi connectivity index (χ0n) is 26.0. The first-order valence-electron chi connectivity index (χ1n) is 15.9. The molecule has 0 spiro atoms. The molecule has 8 aromatic rings. The lowest BCUT2D eigenvalue weighted by Gasteiger charge is -2.17. The minimum atomic E-state index is 0.601. The first-order valence-corrected chi connectivity index (χ1v) is 15.9. The molecule has 0 fully saturated rings. The van der Waals surface area contributed by atoms with Gasteiger partial charge in [0.1, 0.15) is 0 Å². The Morgan fingerprint density at radius 3 is 0.792 bits per heavy atom. The molecule has 226 valence electrons. The summed E-state index contributed by atoms with van der Waals surface area (Å²) in [7, 11) is 0. The average Bonchev–Trinajstić information content (AvgIpc) is 3.19. The molecule has 0 aliphatic heterocycles. The highest BCUT2D eigenvalue weighted by atomic mass is 15.0. The van der Waals surface area contributed by atoms with Crippen LogP contribution in [0.2, 0.25) is 0 Å². The number of aromatic nitrogens is 5. The van der Waals surface area contributed by atoms with Gasteiger partial charge in [-0.15, -0.1) is 0 Å². The van der Waals surface area contributed by atoms with Gasteiger partial charge in [0.15, 0.2) is 23.3 Å². The number of hydrogen-bond acceptors (Lipinski definition) is 5. The van der Waals surface area contributed by atoms with E-state index in [1.165, 1.54) is 0 Å². The molecule has 0 saturated carbocycles. The molecule has 0 saturated heterocycles. The lowest BCUT2D eigenvalue weighted by atomic mass is 9.94. The highest BCUT2D eigenvalue weighted by Gasteiger charge is 2.20. The number of rotatable bonds is 7. The molecule has 0 unspecified atom stereocenters. The molecule has 0 radical (unpaired) electrons. The summed E-state index contributed by atoms with van der Waals surface area (Å²) in [6, 6.07) is 59.2. The molecule has 2 aromatic heterocycles. The van der Waals surface area contributed by atoms with E-state index in [0.29, 0.717) is 23.3 Å². The molecule has 0 aliphatic carbocycles. The Kier molecular flexibility index (Phi) is 7.83. The Balaban J connectivity index is 1.27. The fourth-order valence-electron chi connectivity index (χ4n) is 5.78. The van der Waals surface area contributed by atoms with E-state index in [0.717, 1.165) is 55.9 Å². The van der Waals surface area contributed by atoms with Gasteiger partial charge in [-0.05, 0) is 5.56 Å². The van der Waals surface area contributed by atoms with E-state index in [-0.39, 0.29) is 0 Å². The zero-order chi connectivity index (χ0) is 32.1. The van der Waals surface area contributed by atoms with E-state index in [2.05, 4.69) is 48.5 Å². The highest BCUT2D eigenvalue weighted by Crippen LogP contribution is 2.39.